The monoisotopic (exact) mass is 414 g/mol. The molecule has 0 spiro atoms. The van der Waals surface area contributed by atoms with Gasteiger partial charge in [0.2, 0.25) is 0 Å². The molecule has 3 aromatic carbocycles. The first-order valence-corrected chi connectivity index (χ1v) is 9.75. The number of para-hydroxylation sites is 2. The minimum Gasteiger partial charge on any atom is -0.268 e. The molecule has 4 rings (SSSR count). The summed E-state index contributed by atoms with van der Waals surface area (Å²) in [6.45, 7) is 1.90. The Labute approximate surface area is 175 Å². The molecule has 0 N–H and O–H groups in total. The Morgan fingerprint density at radius 3 is 2.57 bits per heavy atom. The average Bonchev–Trinajstić information content (AvgIpc) is 2.75. The second-order valence-electron chi connectivity index (χ2n) is 6.49. The smallest absolute Gasteiger partial charge is 0.268 e. The van der Waals surface area contributed by atoms with Crippen molar-refractivity contribution in [2.45, 2.75) is 17.0 Å². The lowest BCUT2D eigenvalue weighted by Crippen LogP contribution is -2.22. The number of aryl methyl sites for hydroxylation is 1. The van der Waals surface area contributed by atoms with Crippen molar-refractivity contribution in [3.8, 4) is 11.8 Å². The van der Waals surface area contributed by atoms with Gasteiger partial charge < -0.3 is 0 Å². The lowest BCUT2D eigenvalue weighted by molar-refractivity contribution is -0.384. The Hall–Kier alpha value is -3.96. The molecule has 1 aromatic heterocycles. The molecule has 0 saturated heterocycles. The van der Waals surface area contributed by atoms with Crippen molar-refractivity contribution in [2.75, 3.05) is 0 Å². The standard InChI is InChI=1S/C22H14N4O3S/c1-14-6-2-5-9-19(14)25-21(27)17-7-3-4-8-18(17)24-22(25)30-20-11-10-16(26(28)29)12-15(20)13-23/h2-12H,1H3. The first-order valence-electron chi connectivity index (χ1n) is 8.94. The first kappa shape index (κ1) is 19.4. The van der Waals surface area contributed by atoms with Crippen molar-refractivity contribution in [1.82, 2.24) is 9.55 Å². The molecule has 1 heterocycles. The number of non-ortho nitro benzene ring substituents is 1. The Morgan fingerprint density at radius 1 is 1.10 bits per heavy atom. The Morgan fingerprint density at radius 2 is 1.83 bits per heavy atom. The summed E-state index contributed by atoms with van der Waals surface area (Å²) in [5.41, 5.74) is 1.87. The molecule has 4 aromatic rings. The van der Waals surface area contributed by atoms with Crippen LogP contribution in [0.5, 0.6) is 0 Å². The van der Waals surface area contributed by atoms with E-state index in [1.807, 2.05) is 37.3 Å². The molecule has 8 heteroatoms. The highest BCUT2D eigenvalue weighted by molar-refractivity contribution is 7.99. The third-order valence-electron chi connectivity index (χ3n) is 4.60. The van der Waals surface area contributed by atoms with Gasteiger partial charge in [0.25, 0.3) is 11.2 Å². The van der Waals surface area contributed by atoms with Gasteiger partial charge in [0.15, 0.2) is 5.16 Å². The minimum absolute atomic E-state index is 0.146. The number of rotatable bonds is 4. The number of fused-ring (bicyclic) bond motifs is 1. The Balaban J connectivity index is 1.96. The normalized spacial score (nSPS) is 10.7. The molecule has 0 radical (unpaired) electrons. The average molecular weight is 414 g/mol. The van der Waals surface area contributed by atoms with Crippen molar-refractivity contribution in [3.63, 3.8) is 0 Å². The predicted molar refractivity (Wildman–Crippen MR) is 114 cm³/mol. The SMILES string of the molecule is Cc1ccccc1-n1c(Sc2ccc([N+](=O)[O-])cc2C#N)nc2ccccc2c1=O. The molecular formula is C22H14N4O3S. The van der Waals surface area contributed by atoms with Gasteiger partial charge in [0, 0.05) is 17.0 Å². The van der Waals surface area contributed by atoms with Crippen molar-refractivity contribution in [2.24, 2.45) is 0 Å². The van der Waals surface area contributed by atoms with Crippen LogP contribution in [0, 0.1) is 28.4 Å². The second kappa shape index (κ2) is 7.81. The molecule has 0 amide bonds. The molecule has 0 aliphatic heterocycles. The van der Waals surface area contributed by atoms with Crippen LogP contribution in [0.25, 0.3) is 16.6 Å². The van der Waals surface area contributed by atoms with E-state index in [1.165, 1.54) is 22.8 Å². The summed E-state index contributed by atoms with van der Waals surface area (Å²) < 4.78 is 1.52. The van der Waals surface area contributed by atoms with E-state index in [0.717, 1.165) is 17.3 Å². The topological polar surface area (TPSA) is 102 Å². The predicted octanol–water partition coefficient (Wildman–Crippen LogP) is 4.63. The van der Waals surface area contributed by atoms with Crippen molar-refractivity contribution in [3.05, 3.63) is 98.3 Å². The number of aromatic nitrogens is 2. The highest BCUT2D eigenvalue weighted by atomic mass is 32.2. The summed E-state index contributed by atoms with van der Waals surface area (Å²) in [6, 6.07) is 20.6. The van der Waals surface area contributed by atoms with Crippen LogP contribution < -0.4 is 5.56 Å². The molecule has 0 bridgehead atoms. The molecular weight excluding hydrogens is 400 g/mol. The second-order valence-corrected chi connectivity index (χ2v) is 7.50. The fraction of sp³-hybridized carbons (Fsp3) is 0.0455. The molecule has 0 atom stereocenters. The molecule has 7 nitrogen and oxygen atoms in total. The van der Waals surface area contributed by atoms with E-state index in [2.05, 4.69) is 4.98 Å². The van der Waals surface area contributed by atoms with Gasteiger partial charge in [-0.1, -0.05) is 30.3 Å². The summed E-state index contributed by atoms with van der Waals surface area (Å²) in [7, 11) is 0. The number of benzene rings is 3. The maximum atomic E-state index is 13.3. The van der Waals surface area contributed by atoms with E-state index in [0.29, 0.717) is 26.6 Å². The number of nitro benzene ring substituents is 1. The van der Waals surface area contributed by atoms with Crippen LogP contribution in [-0.4, -0.2) is 14.5 Å². The third kappa shape index (κ3) is 3.43. The van der Waals surface area contributed by atoms with Crippen LogP contribution in [0.3, 0.4) is 0 Å². The number of nitriles is 1. The maximum Gasteiger partial charge on any atom is 0.270 e. The van der Waals surface area contributed by atoms with Gasteiger partial charge in [0.1, 0.15) is 6.07 Å². The Kier molecular flexibility index (Phi) is 5.04. The molecule has 0 unspecified atom stereocenters. The highest BCUT2D eigenvalue weighted by Gasteiger charge is 2.18. The summed E-state index contributed by atoms with van der Waals surface area (Å²) in [5.74, 6) is 0. The number of hydrogen-bond donors (Lipinski definition) is 0. The number of nitro groups is 1. The number of hydrogen-bond acceptors (Lipinski definition) is 6. The fourth-order valence-electron chi connectivity index (χ4n) is 3.11. The largest absolute Gasteiger partial charge is 0.270 e. The molecule has 0 fully saturated rings. The van der Waals surface area contributed by atoms with E-state index in [-0.39, 0.29) is 16.8 Å². The quantitative estimate of drug-likeness (QED) is 0.274. The van der Waals surface area contributed by atoms with E-state index < -0.39 is 4.92 Å². The minimum atomic E-state index is -0.549. The Bertz CT molecular complexity index is 1410. The van der Waals surface area contributed by atoms with Gasteiger partial charge in [-0.2, -0.15) is 5.26 Å². The molecule has 0 aliphatic rings. The van der Waals surface area contributed by atoms with Crippen molar-refractivity contribution in [1.29, 1.82) is 5.26 Å². The van der Waals surface area contributed by atoms with E-state index >= 15 is 0 Å². The molecule has 0 saturated carbocycles. The van der Waals surface area contributed by atoms with Gasteiger partial charge in [0.05, 0.1) is 27.1 Å². The summed E-state index contributed by atoms with van der Waals surface area (Å²) in [5, 5.41) is 21.4. The van der Waals surface area contributed by atoms with E-state index in [9.17, 15) is 20.2 Å². The van der Waals surface area contributed by atoms with Crippen LogP contribution in [0.4, 0.5) is 5.69 Å². The summed E-state index contributed by atoms with van der Waals surface area (Å²) >= 11 is 1.13. The van der Waals surface area contributed by atoms with Gasteiger partial charge in [-0.3, -0.25) is 19.5 Å². The van der Waals surface area contributed by atoms with Crippen LogP contribution >= 0.6 is 11.8 Å². The lowest BCUT2D eigenvalue weighted by Gasteiger charge is -2.15. The fourth-order valence-corrected chi connectivity index (χ4v) is 4.08. The van der Waals surface area contributed by atoms with Crippen molar-refractivity contribution >= 4 is 28.4 Å². The highest BCUT2D eigenvalue weighted by Crippen LogP contribution is 2.33. The first-order chi connectivity index (χ1) is 14.5. The lowest BCUT2D eigenvalue weighted by atomic mass is 10.2. The summed E-state index contributed by atoms with van der Waals surface area (Å²) in [6.07, 6.45) is 0. The van der Waals surface area contributed by atoms with E-state index in [1.54, 1.807) is 24.3 Å². The zero-order valence-corrected chi connectivity index (χ0v) is 16.6. The summed E-state index contributed by atoms with van der Waals surface area (Å²) in [4.78, 5) is 29.0. The molecule has 30 heavy (non-hydrogen) atoms. The van der Waals surface area contributed by atoms with E-state index in [4.69, 9.17) is 0 Å². The van der Waals surface area contributed by atoms with Gasteiger partial charge in [-0.05, 0) is 48.5 Å². The molecule has 146 valence electrons. The zero-order valence-electron chi connectivity index (χ0n) is 15.8. The van der Waals surface area contributed by atoms with Gasteiger partial charge in [-0.25, -0.2) is 4.98 Å². The van der Waals surface area contributed by atoms with Gasteiger partial charge >= 0.3 is 0 Å². The third-order valence-corrected chi connectivity index (χ3v) is 5.63. The van der Waals surface area contributed by atoms with Crippen LogP contribution in [0.15, 0.2) is 81.6 Å². The van der Waals surface area contributed by atoms with Crippen LogP contribution in [0.1, 0.15) is 11.1 Å². The zero-order chi connectivity index (χ0) is 21.3. The van der Waals surface area contributed by atoms with Crippen molar-refractivity contribution < 1.29 is 4.92 Å². The van der Waals surface area contributed by atoms with Crippen LogP contribution in [0.2, 0.25) is 0 Å². The maximum absolute atomic E-state index is 13.3. The van der Waals surface area contributed by atoms with Gasteiger partial charge in [-0.15, -0.1) is 0 Å². The van der Waals surface area contributed by atoms with Crippen LogP contribution in [-0.2, 0) is 0 Å². The molecule has 0 aliphatic carbocycles. The number of nitrogens with zero attached hydrogens (tertiary/aromatic N) is 4.